The van der Waals surface area contributed by atoms with Gasteiger partial charge in [-0.05, 0) is 40.8 Å². The number of rotatable bonds is 3. The van der Waals surface area contributed by atoms with Gasteiger partial charge in [-0.15, -0.1) is 0 Å². The first-order valence-electron chi connectivity index (χ1n) is 5.52. The highest BCUT2D eigenvalue weighted by molar-refractivity contribution is 14.1. The van der Waals surface area contributed by atoms with Gasteiger partial charge in [-0.3, -0.25) is 14.2 Å². The van der Waals surface area contributed by atoms with Crippen molar-refractivity contribution in [2.24, 2.45) is 0 Å². The second-order valence-corrected chi connectivity index (χ2v) is 5.53. The Balaban J connectivity index is 2.13. The number of amides is 1. The Morgan fingerprint density at radius 1 is 1.50 bits per heavy atom. The van der Waals surface area contributed by atoms with Gasteiger partial charge in [-0.2, -0.15) is 0 Å². The van der Waals surface area contributed by atoms with E-state index in [1.165, 1.54) is 23.2 Å². The normalized spacial score (nSPS) is 10.3. The third kappa shape index (κ3) is 3.48. The second-order valence-electron chi connectivity index (χ2n) is 3.96. The summed E-state index contributed by atoms with van der Waals surface area (Å²) < 4.78 is 1.67. The molecule has 0 aliphatic rings. The van der Waals surface area contributed by atoms with Crippen LogP contribution in [0.25, 0.3) is 0 Å². The fraction of sp³-hybridized carbons (Fsp3) is 0.0833. The lowest BCUT2D eigenvalue weighted by molar-refractivity contribution is -0.116. The zero-order valence-corrected chi connectivity index (χ0v) is 13.1. The Morgan fingerprint density at radius 3 is 2.95 bits per heavy atom. The smallest absolute Gasteiger partial charge is 0.267 e. The predicted octanol–water partition coefficient (Wildman–Crippen LogP) is 1.72. The van der Waals surface area contributed by atoms with E-state index in [9.17, 15) is 9.59 Å². The molecule has 0 spiro atoms. The van der Waals surface area contributed by atoms with Crippen LogP contribution < -0.4 is 16.6 Å². The van der Waals surface area contributed by atoms with Gasteiger partial charge in [0.05, 0.1) is 20.6 Å². The molecule has 1 amide bonds. The highest BCUT2D eigenvalue weighted by Gasteiger charge is 2.09. The van der Waals surface area contributed by atoms with Gasteiger partial charge in [-0.1, -0.05) is 11.6 Å². The maximum absolute atomic E-state index is 11.9. The van der Waals surface area contributed by atoms with Crippen molar-refractivity contribution in [3.8, 4) is 0 Å². The molecule has 0 bridgehead atoms. The van der Waals surface area contributed by atoms with Crippen molar-refractivity contribution >= 4 is 51.5 Å². The van der Waals surface area contributed by atoms with Crippen LogP contribution in [-0.2, 0) is 11.3 Å². The SMILES string of the molecule is Nc1ccc(NC(=O)Cn2cncc(I)c2=O)c(Cl)c1. The largest absolute Gasteiger partial charge is 0.399 e. The number of aromatic nitrogens is 2. The zero-order chi connectivity index (χ0) is 14.7. The van der Waals surface area contributed by atoms with E-state index in [-0.39, 0.29) is 18.0 Å². The van der Waals surface area contributed by atoms with E-state index < -0.39 is 0 Å². The van der Waals surface area contributed by atoms with Gasteiger partial charge >= 0.3 is 0 Å². The molecule has 6 nitrogen and oxygen atoms in total. The summed E-state index contributed by atoms with van der Waals surface area (Å²) in [5, 5.41) is 2.96. The number of nitrogens with one attached hydrogen (secondary N) is 1. The predicted molar refractivity (Wildman–Crippen MR) is 85.7 cm³/mol. The first-order chi connectivity index (χ1) is 9.47. The first-order valence-corrected chi connectivity index (χ1v) is 6.98. The van der Waals surface area contributed by atoms with Gasteiger partial charge in [0.1, 0.15) is 6.54 Å². The summed E-state index contributed by atoms with van der Waals surface area (Å²) in [4.78, 5) is 27.5. The van der Waals surface area contributed by atoms with Crippen molar-refractivity contribution in [2.45, 2.75) is 6.54 Å². The lowest BCUT2D eigenvalue weighted by Gasteiger charge is -2.09. The highest BCUT2D eigenvalue weighted by Crippen LogP contribution is 2.23. The van der Waals surface area contributed by atoms with E-state index >= 15 is 0 Å². The maximum Gasteiger partial charge on any atom is 0.267 e. The summed E-state index contributed by atoms with van der Waals surface area (Å²) in [7, 11) is 0. The lowest BCUT2D eigenvalue weighted by atomic mass is 10.3. The Kier molecular flexibility index (Phi) is 4.61. The monoisotopic (exact) mass is 404 g/mol. The van der Waals surface area contributed by atoms with Crippen LogP contribution >= 0.6 is 34.2 Å². The molecule has 3 N–H and O–H groups in total. The third-order valence-electron chi connectivity index (χ3n) is 2.44. The minimum absolute atomic E-state index is 0.136. The molecule has 104 valence electrons. The van der Waals surface area contributed by atoms with Gasteiger partial charge < -0.3 is 11.1 Å². The number of carbonyl (C=O) groups excluding carboxylic acids is 1. The van der Waals surface area contributed by atoms with Gasteiger partial charge in [0.2, 0.25) is 5.91 Å². The average Bonchev–Trinajstić information content (AvgIpc) is 2.38. The summed E-state index contributed by atoms with van der Waals surface area (Å²) in [5.74, 6) is -0.373. The van der Waals surface area contributed by atoms with E-state index in [1.54, 1.807) is 12.1 Å². The van der Waals surface area contributed by atoms with E-state index in [2.05, 4.69) is 10.3 Å². The van der Waals surface area contributed by atoms with Crippen molar-refractivity contribution in [3.05, 3.63) is 49.7 Å². The molecule has 2 aromatic rings. The Hall–Kier alpha value is -1.61. The Bertz CT molecular complexity index is 717. The number of halogens is 2. The molecule has 0 saturated heterocycles. The van der Waals surface area contributed by atoms with Crippen molar-refractivity contribution in [3.63, 3.8) is 0 Å². The lowest BCUT2D eigenvalue weighted by Crippen LogP contribution is -2.29. The Morgan fingerprint density at radius 2 is 2.25 bits per heavy atom. The Labute approximate surface area is 133 Å². The van der Waals surface area contributed by atoms with Crippen LogP contribution in [0.15, 0.2) is 35.5 Å². The second kappa shape index (κ2) is 6.23. The number of anilines is 2. The van der Waals surface area contributed by atoms with Crippen molar-refractivity contribution in [2.75, 3.05) is 11.1 Å². The molecule has 1 heterocycles. The molecule has 1 aromatic carbocycles. The van der Waals surface area contributed by atoms with E-state index in [4.69, 9.17) is 17.3 Å². The summed E-state index contributed by atoms with van der Waals surface area (Å²) in [6.45, 7) is -0.136. The number of hydrogen-bond acceptors (Lipinski definition) is 4. The van der Waals surface area contributed by atoms with Crippen LogP contribution in [0.5, 0.6) is 0 Å². The number of nitrogen functional groups attached to an aromatic ring is 1. The van der Waals surface area contributed by atoms with Gasteiger partial charge in [0.15, 0.2) is 0 Å². The van der Waals surface area contributed by atoms with E-state index in [0.717, 1.165) is 0 Å². The van der Waals surface area contributed by atoms with Gasteiger partial charge in [0, 0.05) is 11.9 Å². The standard InChI is InChI=1S/C12H10ClIN4O2/c13-8-3-7(15)1-2-10(8)17-11(19)5-18-6-16-4-9(14)12(18)20/h1-4,6H,5,15H2,(H,17,19). The first kappa shape index (κ1) is 14.8. The van der Waals surface area contributed by atoms with Crippen LogP contribution in [0.3, 0.4) is 0 Å². The van der Waals surface area contributed by atoms with Gasteiger partial charge in [-0.25, -0.2) is 4.98 Å². The molecule has 0 radical (unpaired) electrons. The number of benzene rings is 1. The number of nitrogens with two attached hydrogens (primary N) is 1. The van der Waals surface area contributed by atoms with E-state index in [1.807, 2.05) is 22.6 Å². The van der Waals surface area contributed by atoms with Crippen LogP contribution in [-0.4, -0.2) is 15.5 Å². The highest BCUT2D eigenvalue weighted by atomic mass is 127. The zero-order valence-electron chi connectivity index (χ0n) is 10.1. The fourth-order valence-corrected chi connectivity index (χ4v) is 2.22. The van der Waals surface area contributed by atoms with Crippen LogP contribution in [0.4, 0.5) is 11.4 Å². The molecule has 20 heavy (non-hydrogen) atoms. The van der Waals surface area contributed by atoms with Gasteiger partial charge in [0.25, 0.3) is 5.56 Å². The topological polar surface area (TPSA) is 90.0 Å². The minimum atomic E-state index is -0.373. The number of hydrogen-bond donors (Lipinski definition) is 2. The summed E-state index contributed by atoms with van der Waals surface area (Å²) in [6.07, 6.45) is 2.75. The average molecular weight is 405 g/mol. The maximum atomic E-state index is 11.9. The molecule has 0 atom stereocenters. The summed E-state index contributed by atoms with van der Waals surface area (Å²) >= 11 is 7.82. The molecule has 2 rings (SSSR count). The van der Waals surface area contributed by atoms with Crippen molar-refractivity contribution in [1.29, 1.82) is 0 Å². The molecule has 0 aliphatic carbocycles. The summed E-state index contributed by atoms with van der Waals surface area (Å²) in [6, 6.07) is 4.77. The molecular weight excluding hydrogens is 395 g/mol. The third-order valence-corrected chi connectivity index (χ3v) is 3.49. The van der Waals surface area contributed by atoms with Crippen LogP contribution in [0, 0.1) is 3.57 Å². The van der Waals surface area contributed by atoms with Crippen molar-refractivity contribution in [1.82, 2.24) is 9.55 Å². The molecule has 0 fully saturated rings. The quantitative estimate of drug-likeness (QED) is 0.602. The van der Waals surface area contributed by atoms with Crippen LogP contribution in [0.2, 0.25) is 5.02 Å². The fourth-order valence-electron chi connectivity index (χ4n) is 1.51. The molecular formula is C12H10ClIN4O2. The van der Waals surface area contributed by atoms with E-state index in [0.29, 0.717) is 20.0 Å². The molecule has 0 unspecified atom stereocenters. The number of nitrogens with zero attached hydrogens (tertiary/aromatic N) is 2. The minimum Gasteiger partial charge on any atom is -0.399 e. The molecule has 0 aliphatic heterocycles. The molecule has 1 aromatic heterocycles. The van der Waals surface area contributed by atoms with Crippen LogP contribution in [0.1, 0.15) is 0 Å². The number of carbonyl (C=O) groups is 1. The van der Waals surface area contributed by atoms with Crippen molar-refractivity contribution < 1.29 is 4.79 Å². The molecule has 8 heteroatoms. The molecule has 0 saturated carbocycles. The summed E-state index contributed by atoms with van der Waals surface area (Å²) in [5.41, 5.74) is 6.25.